The molecule has 1 heterocycles. The summed E-state index contributed by atoms with van der Waals surface area (Å²) >= 11 is 0. The van der Waals surface area contributed by atoms with Gasteiger partial charge in [-0.15, -0.1) is 0 Å². The van der Waals surface area contributed by atoms with Crippen molar-refractivity contribution in [2.45, 2.75) is 13.0 Å². The molecule has 0 bridgehead atoms. The van der Waals surface area contributed by atoms with Gasteiger partial charge in [0.15, 0.2) is 0 Å². The molecule has 1 aromatic heterocycles. The number of hydrogen-bond acceptors (Lipinski definition) is 3. The molecule has 18 heavy (non-hydrogen) atoms. The molecular formula is C14H16N2O2. The Morgan fingerprint density at radius 3 is 2.61 bits per heavy atom. The fourth-order valence-electron chi connectivity index (χ4n) is 1.69. The fraction of sp³-hybridized carbons (Fsp3) is 0.214. The first-order valence-corrected chi connectivity index (χ1v) is 5.87. The van der Waals surface area contributed by atoms with Crippen LogP contribution >= 0.6 is 0 Å². The van der Waals surface area contributed by atoms with Gasteiger partial charge in [0.2, 0.25) is 5.91 Å². The highest BCUT2D eigenvalue weighted by Crippen LogP contribution is 2.04. The van der Waals surface area contributed by atoms with Gasteiger partial charge in [-0.3, -0.25) is 4.79 Å². The Morgan fingerprint density at radius 1 is 1.22 bits per heavy atom. The molecule has 0 fully saturated rings. The van der Waals surface area contributed by atoms with E-state index in [4.69, 9.17) is 10.2 Å². The van der Waals surface area contributed by atoms with Crippen molar-refractivity contribution in [2.75, 3.05) is 6.54 Å². The molecule has 4 heteroatoms. The van der Waals surface area contributed by atoms with Crippen molar-refractivity contribution < 1.29 is 9.21 Å². The Hall–Kier alpha value is -2.07. The van der Waals surface area contributed by atoms with Gasteiger partial charge in [-0.05, 0) is 29.8 Å². The molecule has 0 radical (unpaired) electrons. The maximum atomic E-state index is 10.9. The quantitative estimate of drug-likeness (QED) is 0.760. The zero-order valence-electron chi connectivity index (χ0n) is 10.1. The van der Waals surface area contributed by atoms with Crippen molar-refractivity contribution in [3.05, 3.63) is 59.5 Å². The second-order valence-corrected chi connectivity index (χ2v) is 4.07. The van der Waals surface area contributed by atoms with Crippen LogP contribution in [-0.2, 0) is 13.0 Å². The molecule has 0 atom stereocenters. The van der Waals surface area contributed by atoms with Crippen LogP contribution in [0.1, 0.15) is 21.7 Å². The Kier molecular flexibility index (Phi) is 4.15. The van der Waals surface area contributed by atoms with Gasteiger partial charge in [0, 0.05) is 25.1 Å². The van der Waals surface area contributed by atoms with E-state index in [2.05, 4.69) is 5.32 Å². The third-order valence-electron chi connectivity index (χ3n) is 2.70. The number of benzene rings is 1. The summed E-state index contributed by atoms with van der Waals surface area (Å²) < 4.78 is 5.24. The predicted octanol–water partition coefficient (Wildman–Crippen LogP) is 1.71. The SMILES string of the molecule is NC(=O)c1ccc(CNCCc2ccco2)cc1. The molecular weight excluding hydrogens is 228 g/mol. The van der Waals surface area contributed by atoms with E-state index >= 15 is 0 Å². The van der Waals surface area contributed by atoms with Crippen molar-refractivity contribution in [2.24, 2.45) is 5.73 Å². The average molecular weight is 244 g/mol. The lowest BCUT2D eigenvalue weighted by Crippen LogP contribution is -2.16. The second kappa shape index (κ2) is 6.02. The van der Waals surface area contributed by atoms with Gasteiger partial charge in [-0.25, -0.2) is 0 Å². The van der Waals surface area contributed by atoms with Gasteiger partial charge in [-0.2, -0.15) is 0 Å². The number of furan rings is 1. The molecule has 1 aromatic carbocycles. The van der Waals surface area contributed by atoms with Crippen LogP contribution in [0.15, 0.2) is 47.1 Å². The molecule has 0 unspecified atom stereocenters. The Labute approximate surface area is 106 Å². The number of rotatable bonds is 6. The molecule has 0 aliphatic rings. The van der Waals surface area contributed by atoms with E-state index in [9.17, 15) is 4.79 Å². The number of hydrogen-bond donors (Lipinski definition) is 2. The second-order valence-electron chi connectivity index (χ2n) is 4.07. The van der Waals surface area contributed by atoms with Crippen molar-refractivity contribution >= 4 is 5.91 Å². The smallest absolute Gasteiger partial charge is 0.248 e. The zero-order chi connectivity index (χ0) is 12.8. The monoisotopic (exact) mass is 244 g/mol. The van der Waals surface area contributed by atoms with Gasteiger partial charge >= 0.3 is 0 Å². The molecule has 0 aliphatic carbocycles. The topological polar surface area (TPSA) is 68.3 Å². The van der Waals surface area contributed by atoms with Crippen LogP contribution < -0.4 is 11.1 Å². The lowest BCUT2D eigenvalue weighted by molar-refractivity contribution is 0.100. The summed E-state index contributed by atoms with van der Waals surface area (Å²) in [5.74, 6) is 0.582. The first kappa shape index (κ1) is 12.4. The van der Waals surface area contributed by atoms with E-state index in [1.165, 1.54) is 0 Å². The predicted molar refractivity (Wildman–Crippen MR) is 69.1 cm³/mol. The zero-order valence-corrected chi connectivity index (χ0v) is 10.1. The number of nitrogens with one attached hydrogen (secondary N) is 1. The Morgan fingerprint density at radius 2 is 2.00 bits per heavy atom. The van der Waals surface area contributed by atoms with Gasteiger partial charge in [0.25, 0.3) is 0 Å². The van der Waals surface area contributed by atoms with Crippen molar-refractivity contribution in [1.29, 1.82) is 0 Å². The van der Waals surface area contributed by atoms with Crippen LogP contribution in [0.4, 0.5) is 0 Å². The minimum Gasteiger partial charge on any atom is -0.469 e. The molecule has 2 rings (SSSR count). The van der Waals surface area contributed by atoms with Gasteiger partial charge in [0.1, 0.15) is 5.76 Å². The van der Waals surface area contributed by atoms with Crippen LogP contribution in [0, 0.1) is 0 Å². The van der Waals surface area contributed by atoms with Gasteiger partial charge in [0.05, 0.1) is 6.26 Å². The molecule has 0 aliphatic heterocycles. The largest absolute Gasteiger partial charge is 0.469 e. The first-order valence-electron chi connectivity index (χ1n) is 5.87. The van der Waals surface area contributed by atoms with E-state index in [1.54, 1.807) is 18.4 Å². The summed E-state index contributed by atoms with van der Waals surface area (Å²) in [4.78, 5) is 10.9. The molecule has 0 spiro atoms. The summed E-state index contributed by atoms with van der Waals surface area (Å²) in [5.41, 5.74) is 6.84. The number of amides is 1. The van der Waals surface area contributed by atoms with Crippen molar-refractivity contribution in [1.82, 2.24) is 5.32 Å². The number of nitrogens with two attached hydrogens (primary N) is 1. The summed E-state index contributed by atoms with van der Waals surface area (Å²) in [6, 6.07) is 11.1. The molecule has 1 amide bonds. The summed E-state index contributed by atoms with van der Waals surface area (Å²) in [6.07, 6.45) is 2.55. The molecule has 3 N–H and O–H groups in total. The Balaban J connectivity index is 1.75. The molecule has 0 saturated heterocycles. The standard InChI is InChI=1S/C14H16N2O2/c15-14(17)12-5-3-11(4-6-12)10-16-8-7-13-2-1-9-18-13/h1-6,9,16H,7-8,10H2,(H2,15,17). The minimum atomic E-state index is -0.396. The third kappa shape index (κ3) is 3.46. The van der Waals surface area contributed by atoms with Gasteiger partial charge < -0.3 is 15.5 Å². The van der Waals surface area contributed by atoms with Crippen LogP contribution in [0.5, 0.6) is 0 Å². The van der Waals surface area contributed by atoms with Crippen molar-refractivity contribution in [3.8, 4) is 0 Å². The minimum absolute atomic E-state index is 0.396. The van der Waals surface area contributed by atoms with Crippen LogP contribution in [0.25, 0.3) is 0 Å². The van der Waals surface area contributed by atoms with E-state index < -0.39 is 5.91 Å². The lowest BCUT2D eigenvalue weighted by Gasteiger charge is -2.04. The Bertz CT molecular complexity index is 489. The molecule has 4 nitrogen and oxygen atoms in total. The fourth-order valence-corrected chi connectivity index (χ4v) is 1.69. The molecule has 94 valence electrons. The summed E-state index contributed by atoms with van der Waals surface area (Å²) in [6.45, 7) is 1.62. The maximum absolute atomic E-state index is 10.9. The third-order valence-corrected chi connectivity index (χ3v) is 2.70. The highest BCUT2D eigenvalue weighted by atomic mass is 16.3. The number of carbonyl (C=O) groups is 1. The number of carbonyl (C=O) groups excluding carboxylic acids is 1. The van der Waals surface area contributed by atoms with E-state index in [0.29, 0.717) is 5.56 Å². The average Bonchev–Trinajstić information content (AvgIpc) is 2.88. The van der Waals surface area contributed by atoms with Crippen LogP contribution in [0.3, 0.4) is 0 Å². The van der Waals surface area contributed by atoms with Gasteiger partial charge in [-0.1, -0.05) is 12.1 Å². The molecule has 0 saturated carbocycles. The molecule has 2 aromatic rings. The maximum Gasteiger partial charge on any atom is 0.248 e. The summed E-state index contributed by atoms with van der Waals surface area (Å²) in [5, 5.41) is 3.31. The van der Waals surface area contributed by atoms with E-state index in [0.717, 1.165) is 30.8 Å². The lowest BCUT2D eigenvalue weighted by atomic mass is 10.1. The van der Waals surface area contributed by atoms with Crippen LogP contribution in [0.2, 0.25) is 0 Å². The summed E-state index contributed by atoms with van der Waals surface area (Å²) in [7, 11) is 0. The normalized spacial score (nSPS) is 10.4. The first-order chi connectivity index (χ1) is 8.75. The van der Waals surface area contributed by atoms with E-state index in [-0.39, 0.29) is 0 Å². The van der Waals surface area contributed by atoms with Crippen LogP contribution in [-0.4, -0.2) is 12.5 Å². The number of primary amides is 1. The van der Waals surface area contributed by atoms with E-state index in [1.807, 2.05) is 24.3 Å². The highest BCUT2D eigenvalue weighted by molar-refractivity contribution is 5.92. The highest BCUT2D eigenvalue weighted by Gasteiger charge is 2.00. The van der Waals surface area contributed by atoms with Crippen molar-refractivity contribution in [3.63, 3.8) is 0 Å².